The number of aliphatic hydroxyl groups excluding tert-OH is 1. The maximum Gasteiger partial charge on any atom is 0.195 e. The number of hydrogen-bond donors (Lipinski definition) is 1. The van der Waals surface area contributed by atoms with E-state index in [0.29, 0.717) is 0 Å². The average Bonchev–Trinajstić information content (AvgIpc) is 3.05. The van der Waals surface area contributed by atoms with E-state index in [0.717, 1.165) is 32.0 Å². The molecular weight excluding hydrogens is 306 g/mol. The lowest BCUT2D eigenvalue weighted by Gasteiger charge is -1.96. The van der Waals surface area contributed by atoms with Gasteiger partial charge in [0.25, 0.3) is 0 Å². The molecule has 0 aliphatic heterocycles. The molecule has 0 aliphatic rings. The fraction of sp³-hybridized carbons (Fsp3) is 0.0667. The number of aliphatic hydroxyl groups is 1. The number of halogens is 1. The molecule has 0 atom stereocenters. The molecule has 1 N–H and O–H groups in total. The van der Waals surface area contributed by atoms with E-state index in [1.807, 2.05) is 42.7 Å². The van der Waals surface area contributed by atoms with Gasteiger partial charge in [-0.25, -0.2) is 4.98 Å². The lowest BCUT2D eigenvalue weighted by atomic mass is 10.2. The first-order chi connectivity index (χ1) is 9.85. The third-order valence-corrected chi connectivity index (χ3v) is 4.32. The zero-order valence-electron chi connectivity index (χ0n) is 10.9. The fourth-order valence-corrected chi connectivity index (χ4v) is 3.37. The topological polar surface area (TPSA) is 50.4 Å². The van der Waals surface area contributed by atoms with Crippen molar-refractivity contribution in [3.63, 3.8) is 0 Å². The Morgan fingerprint density at radius 1 is 1.24 bits per heavy atom. The Bertz CT molecular complexity index is 901. The van der Waals surface area contributed by atoms with Crippen molar-refractivity contribution >= 4 is 38.9 Å². The fourth-order valence-electron chi connectivity index (χ4n) is 2.30. The van der Waals surface area contributed by atoms with Crippen LogP contribution in [-0.4, -0.2) is 19.5 Å². The van der Waals surface area contributed by atoms with Crippen molar-refractivity contribution in [1.82, 2.24) is 14.4 Å². The standard InChI is InChI=1S/C15H11N3OS.ClH/c19-9-10-3-4-13-14(6-10)20-15-17-12(8-18(13)15)11-2-1-5-16-7-11;/h1-8,19H,9H2;1H. The van der Waals surface area contributed by atoms with Crippen LogP contribution in [0, 0.1) is 0 Å². The van der Waals surface area contributed by atoms with Crippen LogP contribution in [0.5, 0.6) is 0 Å². The van der Waals surface area contributed by atoms with Gasteiger partial charge in [-0.2, -0.15) is 0 Å². The van der Waals surface area contributed by atoms with Crippen LogP contribution in [0.4, 0.5) is 0 Å². The van der Waals surface area contributed by atoms with E-state index in [-0.39, 0.29) is 19.0 Å². The second kappa shape index (κ2) is 5.44. The number of thiazole rings is 1. The summed E-state index contributed by atoms with van der Waals surface area (Å²) in [6.45, 7) is 0.0666. The molecule has 4 aromatic rings. The monoisotopic (exact) mass is 317 g/mol. The first-order valence-corrected chi connectivity index (χ1v) is 7.08. The minimum Gasteiger partial charge on any atom is -0.392 e. The predicted octanol–water partition coefficient (Wildman–Crippen LogP) is 3.53. The van der Waals surface area contributed by atoms with Gasteiger partial charge in [-0.15, -0.1) is 12.4 Å². The quantitative estimate of drug-likeness (QED) is 0.615. The van der Waals surface area contributed by atoms with Gasteiger partial charge >= 0.3 is 0 Å². The summed E-state index contributed by atoms with van der Waals surface area (Å²) in [6.07, 6.45) is 5.61. The second-order valence-corrected chi connectivity index (χ2v) is 5.59. The van der Waals surface area contributed by atoms with E-state index in [4.69, 9.17) is 0 Å². The molecule has 0 spiro atoms. The Balaban J connectivity index is 0.00000132. The number of pyridine rings is 1. The Morgan fingerprint density at radius 3 is 2.90 bits per heavy atom. The number of imidazole rings is 1. The van der Waals surface area contributed by atoms with Gasteiger partial charge in [0.05, 0.1) is 22.5 Å². The van der Waals surface area contributed by atoms with E-state index in [2.05, 4.69) is 14.4 Å². The van der Waals surface area contributed by atoms with Gasteiger partial charge in [0.15, 0.2) is 4.96 Å². The number of benzene rings is 1. The second-order valence-electron chi connectivity index (χ2n) is 4.58. The molecule has 0 radical (unpaired) electrons. The molecule has 21 heavy (non-hydrogen) atoms. The van der Waals surface area contributed by atoms with Crippen LogP contribution >= 0.6 is 23.7 Å². The minimum atomic E-state index is 0. The van der Waals surface area contributed by atoms with Crippen molar-refractivity contribution in [3.05, 3.63) is 54.5 Å². The summed E-state index contributed by atoms with van der Waals surface area (Å²) < 4.78 is 3.22. The molecule has 3 heterocycles. The Morgan fingerprint density at radius 2 is 2.14 bits per heavy atom. The molecule has 0 bridgehead atoms. The number of hydrogen-bond acceptors (Lipinski definition) is 4. The van der Waals surface area contributed by atoms with Crippen LogP contribution in [0.3, 0.4) is 0 Å². The van der Waals surface area contributed by atoms with Crippen LogP contribution in [0.15, 0.2) is 48.9 Å². The molecule has 4 nitrogen and oxygen atoms in total. The van der Waals surface area contributed by atoms with E-state index in [1.54, 1.807) is 17.5 Å². The molecule has 0 saturated carbocycles. The summed E-state index contributed by atoms with van der Waals surface area (Å²) in [7, 11) is 0. The summed E-state index contributed by atoms with van der Waals surface area (Å²) in [5.41, 5.74) is 3.99. The van der Waals surface area contributed by atoms with Gasteiger partial charge in [-0.1, -0.05) is 17.4 Å². The summed E-state index contributed by atoms with van der Waals surface area (Å²) in [6, 6.07) is 9.90. The molecule has 0 aliphatic carbocycles. The van der Waals surface area contributed by atoms with Gasteiger partial charge in [-0.3, -0.25) is 9.38 Å². The van der Waals surface area contributed by atoms with Gasteiger partial charge in [0.2, 0.25) is 0 Å². The van der Waals surface area contributed by atoms with Gasteiger partial charge in [0.1, 0.15) is 0 Å². The SMILES string of the molecule is Cl.OCc1ccc2c(c1)sc1nc(-c3cccnc3)cn12. The van der Waals surface area contributed by atoms with Crippen molar-refractivity contribution in [2.24, 2.45) is 0 Å². The smallest absolute Gasteiger partial charge is 0.195 e. The lowest BCUT2D eigenvalue weighted by molar-refractivity contribution is 0.282. The summed E-state index contributed by atoms with van der Waals surface area (Å²) in [4.78, 5) is 9.73. The van der Waals surface area contributed by atoms with Crippen molar-refractivity contribution in [3.8, 4) is 11.3 Å². The van der Waals surface area contributed by atoms with Crippen LogP contribution in [0.2, 0.25) is 0 Å². The normalized spacial score (nSPS) is 10.9. The summed E-state index contributed by atoms with van der Waals surface area (Å²) >= 11 is 1.63. The molecule has 4 rings (SSSR count). The number of nitrogens with zero attached hydrogens (tertiary/aromatic N) is 3. The molecule has 0 saturated heterocycles. The zero-order chi connectivity index (χ0) is 13.5. The third kappa shape index (κ3) is 2.29. The van der Waals surface area contributed by atoms with Crippen molar-refractivity contribution in [2.75, 3.05) is 0 Å². The Kier molecular flexibility index (Phi) is 3.63. The molecule has 6 heteroatoms. The predicted molar refractivity (Wildman–Crippen MR) is 87.0 cm³/mol. The highest BCUT2D eigenvalue weighted by molar-refractivity contribution is 7.23. The van der Waals surface area contributed by atoms with Crippen LogP contribution in [-0.2, 0) is 6.61 Å². The number of fused-ring (bicyclic) bond motifs is 3. The highest BCUT2D eigenvalue weighted by Crippen LogP contribution is 2.29. The van der Waals surface area contributed by atoms with Gasteiger partial charge in [-0.05, 0) is 29.8 Å². The lowest BCUT2D eigenvalue weighted by Crippen LogP contribution is -1.82. The van der Waals surface area contributed by atoms with Crippen LogP contribution in [0.1, 0.15) is 5.56 Å². The Hall–Kier alpha value is -1.95. The largest absolute Gasteiger partial charge is 0.392 e. The average molecular weight is 318 g/mol. The molecule has 0 amide bonds. The highest BCUT2D eigenvalue weighted by Gasteiger charge is 2.10. The van der Waals surface area contributed by atoms with E-state index in [1.165, 1.54) is 0 Å². The van der Waals surface area contributed by atoms with Crippen LogP contribution < -0.4 is 0 Å². The highest BCUT2D eigenvalue weighted by atomic mass is 35.5. The van der Waals surface area contributed by atoms with Crippen molar-refractivity contribution in [2.45, 2.75) is 6.61 Å². The first kappa shape index (κ1) is 14.0. The van der Waals surface area contributed by atoms with E-state index < -0.39 is 0 Å². The van der Waals surface area contributed by atoms with Crippen molar-refractivity contribution < 1.29 is 5.11 Å². The summed E-state index contributed by atoms with van der Waals surface area (Å²) in [5.74, 6) is 0. The first-order valence-electron chi connectivity index (χ1n) is 6.27. The van der Waals surface area contributed by atoms with Crippen LogP contribution in [0.25, 0.3) is 26.4 Å². The molecule has 0 fully saturated rings. The van der Waals surface area contributed by atoms with Gasteiger partial charge < -0.3 is 5.11 Å². The third-order valence-electron chi connectivity index (χ3n) is 3.30. The molecular formula is C15H12ClN3OS. The van der Waals surface area contributed by atoms with E-state index >= 15 is 0 Å². The van der Waals surface area contributed by atoms with Crippen molar-refractivity contribution in [1.29, 1.82) is 0 Å². The summed E-state index contributed by atoms with van der Waals surface area (Å²) in [5, 5.41) is 9.19. The van der Waals surface area contributed by atoms with E-state index in [9.17, 15) is 5.11 Å². The number of rotatable bonds is 2. The minimum absolute atomic E-state index is 0. The maximum atomic E-state index is 9.19. The molecule has 3 aromatic heterocycles. The maximum absolute atomic E-state index is 9.19. The van der Waals surface area contributed by atoms with Gasteiger partial charge in [0, 0.05) is 24.2 Å². The molecule has 106 valence electrons. The number of aromatic nitrogens is 3. The molecule has 1 aromatic carbocycles. The zero-order valence-corrected chi connectivity index (χ0v) is 12.6. The molecule has 0 unspecified atom stereocenters. The Labute approximate surface area is 131 Å².